The fourth-order valence-electron chi connectivity index (χ4n) is 1.24. The summed E-state index contributed by atoms with van der Waals surface area (Å²) in [5.74, 6) is -1.11. The van der Waals surface area contributed by atoms with Crippen molar-refractivity contribution in [1.82, 2.24) is 10.9 Å². The molecule has 2 amide bonds. The number of nitro groups is 1. The van der Waals surface area contributed by atoms with Gasteiger partial charge in [0.25, 0.3) is 5.91 Å². The number of methoxy groups -OCH3 is 1. The van der Waals surface area contributed by atoms with Crippen molar-refractivity contribution in [3.05, 3.63) is 33.9 Å². The zero-order chi connectivity index (χ0) is 13.7. The third-order valence-electron chi connectivity index (χ3n) is 1.92. The van der Waals surface area contributed by atoms with Crippen LogP contribution in [0.25, 0.3) is 0 Å². The van der Waals surface area contributed by atoms with Gasteiger partial charge in [-0.2, -0.15) is 0 Å². The van der Waals surface area contributed by atoms with E-state index in [2.05, 4.69) is 0 Å². The summed E-state index contributed by atoms with van der Waals surface area (Å²) < 4.78 is 4.79. The van der Waals surface area contributed by atoms with Crippen LogP contribution >= 0.6 is 0 Å². The maximum Gasteiger partial charge on any atom is 0.423 e. The standard InChI is InChI=1S/C9H9N3O6/c1-18-7-5(8(13)10-11-9(14)15)3-2-4-6(7)12(16)17/h2-4,11H,1H3,(H,10,13)(H,14,15). The van der Waals surface area contributed by atoms with E-state index in [4.69, 9.17) is 9.84 Å². The van der Waals surface area contributed by atoms with Crippen molar-refractivity contribution in [3.63, 3.8) is 0 Å². The number of nitro benzene ring substituents is 1. The first-order valence-corrected chi connectivity index (χ1v) is 4.58. The highest BCUT2D eigenvalue weighted by molar-refractivity contribution is 5.98. The van der Waals surface area contributed by atoms with E-state index in [0.29, 0.717) is 0 Å². The lowest BCUT2D eigenvalue weighted by Gasteiger charge is -2.08. The number of nitrogens with zero attached hydrogens (tertiary/aromatic N) is 1. The maximum absolute atomic E-state index is 11.6. The van der Waals surface area contributed by atoms with Crippen LogP contribution in [-0.2, 0) is 0 Å². The number of hydrogen-bond acceptors (Lipinski definition) is 5. The molecule has 1 aromatic rings. The van der Waals surface area contributed by atoms with Gasteiger partial charge >= 0.3 is 11.8 Å². The van der Waals surface area contributed by atoms with Gasteiger partial charge in [-0.3, -0.25) is 20.3 Å². The third-order valence-corrected chi connectivity index (χ3v) is 1.92. The number of carboxylic acid groups (broad SMARTS) is 1. The lowest BCUT2D eigenvalue weighted by Crippen LogP contribution is -2.40. The van der Waals surface area contributed by atoms with Crippen LogP contribution in [0.5, 0.6) is 5.75 Å². The Balaban J connectivity index is 3.08. The molecule has 0 unspecified atom stereocenters. The smallest absolute Gasteiger partial charge is 0.423 e. The van der Waals surface area contributed by atoms with Crippen LogP contribution in [-0.4, -0.2) is 29.1 Å². The van der Waals surface area contributed by atoms with Gasteiger partial charge in [-0.25, -0.2) is 10.2 Å². The summed E-state index contributed by atoms with van der Waals surface area (Å²) in [4.78, 5) is 31.8. The largest absolute Gasteiger partial charge is 0.490 e. The molecular formula is C9H9N3O6. The molecule has 1 rings (SSSR count). The fraction of sp³-hybridized carbons (Fsp3) is 0.111. The SMILES string of the molecule is COc1c(C(=O)NNC(=O)O)cccc1[N+](=O)[O-]. The van der Waals surface area contributed by atoms with E-state index in [-0.39, 0.29) is 17.0 Å². The van der Waals surface area contributed by atoms with Gasteiger partial charge < -0.3 is 9.84 Å². The number of ether oxygens (including phenoxy) is 1. The van der Waals surface area contributed by atoms with Crippen LogP contribution < -0.4 is 15.6 Å². The number of benzene rings is 1. The monoisotopic (exact) mass is 255 g/mol. The quantitative estimate of drug-likeness (QED) is 0.532. The van der Waals surface area contributed by atoms with Crippen LogP contribution in [0.4, 0.5) is 10.5 Å². The second kappa shape index (κ2) is 5.48. The van der Waals surface area contributed by atoms with Crippen molar-refractivity contribution in [3.8, 4) is 5.75 Å². The predicted molar refractivity (Wildman–Crippen MR) is 58.3 cm³/mol. The summed E-state index contributed by atoms with van der Waals surface area (Å²) in [5.41, 5.74) is 2.94. The lowest BCUT2D eigenvalue weighted by atomic mass is 10.1. The van der Waals surface area contributed by atoms with Crippen molar-refractivity contribution in [2.24, 2.45) is 0 Å². The van der Waals surface area contributed by atoms with Gasteiger partial charge in [0.15, 0.2) is 0 Å². The van der Waals surface area contributed by atoms with E-state index in [1.54, 1.807) is 5.43 Å². The van der Waals surface area contributed by atoms with Crippen LogP contribution in [0.2, 0.25) is 0 Å². The highest BCUT2D eigenvalue weighted by atomic mass is 16.6. The Morgan fingerprint density at radius 1 is 1.39 bits per heavy atom. The Hall–Kier alpha value is -2.84. The Bertz CT molecular complexity index is 501. The van der Waals surface area contributed by atoms with Crippen molar-refractivity contribution in [2.45, 2.75) is 0 Å². The average Bonchev–Trinajstić information content (AvgIpc) is 2.34. The fourth-order valence-corrected chi connectivity index (χ4v) is 1.24. The van der Waals surface area contributed by atoms with Crippen LogP contribution in [0.1, 0.15) is 10.4 Å². The summed E-state index contributed by atoms with van der Waals surface area (Å²) in [7, 11) is 1.17. The molecule has 0 atom stereocenters. The molecule has 0 spiro atoms. The first-order valence-electron chi connectivity index (χ1n) is 4.58. The van der Waals surface area contributed by atoms with Gasteiger partial charge in [0.1, 0.15) is 0 Å². The zero-order valence-corrected chi connectivity index (χ0v) is 9.17. The number of nitrogens with one attached hydrogen (secondary N) is 2. The number of rotatable bonds is 3. The Morgan fingerprint density at radius 3 is 2.56 bits per heavy atom. The van der Waals surface area contributed by atoms with E-state index in [1.165, 1.54) is 25.3 Å². The van der Waals surface area contributed by atoms with Crippen molar-refractivity contribution >= 4 is 17.7 Å². The Morgan fingerprint density at radius 2 is 2.06 bits per heavy atom. The minimum Gasteiger partial charge on any atom is -0.490 e. The number of hydrogen-bond donors (Lipinski definition) is 3. The zero-order valence-electron chi connectivity index (χ0n) is 9.17. The normalized spacial score (nSPS) is 9.39. The van der Waals surface area contributed by atoms with E-state index in [0.717, 1.165) is 0 Å². The van der Waals surface area contributed by atoms with E-state index in [1.807, 2.05) is 5.43 Å². The molecular weight excluding hydrogens is 246 g/mol. The molecule has 96 valence electrons. The highest BCUT2D eigenvalue weighted by Gasteiger charge is 2.22. The van der Waals surface area contributed by atoms with Gasteiger partial charge in [0.05, 0.1) is 17.6 Å². The van der Waals surface area contributed by atoms with E-state index >= 15 is 0 Å². The summed E-state index contributed by atoms with van der Waals surface area (Å²) in [5, 5.41) is 19.0. The number of carbonyl (C=O) groups excluding carboxylic acids is 1. The third kappa shape index (κ3) is 2.84. The lowest BCUT2D eigenvalue weighted by molar-refractivity contribution is -0.385. The summed E-state index contributed by atoms with van der Waals surface area (Å²) >= 11 is 0. The summed E-state index contributed by atoms with van der Waals surface area (Å²) in [6, 6.07) is 3.72. The second-order valence-corrected chi connectivity index (χ2v) is 3.00. The van der Waals surface area contributed by atoms with E-state index in [9.17, 15) is 19.7 Å². The molecule has 18 heavy (non-hydrogen) atoms. The highest BCUT2D eigenvalue weighted by Crippen LogP contribution is 2.30. The molecule has 0 saturated heterocycles. The van der Waals surface area contributed by atoms with Gasteiger partial charge in [-0.1, -0.05) is 6.07 Å². The number of amides is 2. The summed E-state index contributed by atoms with van der Waals surface area (Å²) in [6.45, 7) is 0. The van der Waals surface area contributed by atoms with Crippen LogP contribution in [0, 0.1) is 10.1 Å². The maximum atomic E-state index is 11.6. The molecule has 9 nitrogen and oxygen atoms in total. The molecule has 0 heterocycles. The van der Waals surface area contributed by atoms with Crippen LogP contribution in [0.3, 0.4) is 0 Å². The second-order valence-electron chi connectivity index (χ2n) is 3.00. The van der Waals surface area contributed by atoms with Crippen molar-refractivity contribution < 1.29 is 24.4 Å². The number of para-hydroxylation sites is 1. The predicted octanol–water partition coefficient (Wildman–Crippen LogP) is 0.516. The molecule has 3 N–H and O–H groups in total. The molecule has 0 aliphatic heterocycles. The van der Waals surface area contributed by atoms with Gasteiger partial charge in [0, 0.05) is 6.07 Å². The van der Waals surface area contributed by atoms with Crippen LogP contribution in [0.15, 0.2) is 18.2 Å². The molecule has 1 aromatic carbocycles. The number of hydrazine groups is 1. The van der Waals surface area contributed by atoms with Gasteiger partial charge in [-0.05, 0) is 6.07 Å². The molecule has 9 heteroatoms. The Labute approximate surface area is 100 Å². The minimum atomic E-state index is -1.47. The first kappa shape index (κ1) is 13.2. The Kier molecular flexibility index (Phi) is 4.02. The number of carbonyl (C=O) groups is 2. The topological polar surface area (TPSA) is 131 Å². The first-order chi connectivity index (χ1) is 8.47. The molecule has 0 bridgehead atoms. The van der Waals surface area contributed by atoms with Crippen molar-refractivity contribution in [1.29, 1.82) is 0 Å². The minimum absolute atomic E-state index is 0.152. The van der Waals surface area contributed by atoms with E-state index < -0.39 is 16.9 Å². The van der Waals surface area contributed by atoms with Gasteiger partial charge in [-0.15, -0.1) is 0 Å². The molecule has 0 aliphatic carbocycles. The molecule has 0 aliphatic rings. The summed E-state index contributed by atoms with van der Waals surface area (Å²) in [6.07, 6.45) is -1.47. The molecule has 0 aromatic heterocycles. The molecule has 0 fully saturated rings. The molecule has 0 radical (unpaired) electrons. The average molecular weight is 255 g/mol. The van der Waals surface area contributed by atoms with Crippen molar-refractivity contribution in [2.75, 3.05) is 7.11 Å². The van der Waals surface area contributed by atoms with Gasteiger partial charge in [0.2, 0.25) is 5.75 Å². The molecule has 0 saturated carbocycles.